The molecule has 3 nitrogen and oxygen atoms in total. The van der Waals surface area contributed by atoms with Gasteiger partial charge in [0.15, 0.2) is 0 Å². The minimum Gasteiger partial charge on any atom is -0.314 e. The van der Waals surface area contributed by atoms with Gasteiger partial charge in [0.1, 0.15) is 5.82 Å². The fourth-order valence-electron chi connectivity index (χ4n) is 2.71. The molecule has 0 spiro atoms. The Labute approximate surface area is 140 Å². The van der Waals surface area contributed by atoms with E-state index in [1.54, 1.807) is 12.3 Å². The third-order valence-corrected chi connectivity index (χ3v) is 4.10. The highest BCUT2D eigenvalue weighted by atomic mass is 35.5. The van der Waals surface area contributed by atoms with Crippen molar-refractivity contribution in [3.63, 3.8) is 0 Å². The Kier molecular flexibility index (Phi) is 6.15. The Hall–Kier alpha value is -1.20. The number of hydrogen-bond donors (Lipinski definition) is 1. The predicted molar refractivity (Wildman–Crippen MR) is 88.9 cm³/mol. The first kappa shape index (κ1) is 17.2. The van der Waals surface area contributed by atoms with Crippen molar-refractivity contribution in [2.45, 2.75) is 12.6 Å². The van der Waals surface area contributed by atoms with Crippen LogP contribution >= 0.6 is 24.0 Å². The second-order valence-electron chi connectivity index (χ2n) is 5.23. The van der Waals surface area contributed by atoms with Crippen molar-refractivity contribution in [2.75, 3.05) is 19.6 Å². The first-order valence-electron chi connectivity index (χ1n) is 7.02. The van der Waals surface area contributed by atoms with Gasteiger partial charge in [-0.3, -0.25) is 9.88 Å². The Bertz CT molecular complexity index is 610. The summed E-state index contributed by atoms with van der Waals surface area (Å²) in [4.78, 5) is 6.54. The normalized spacial score (nSPS) is 18.7. The monoisotopic (exact) mass is 341 g/mol. The number of aromatic nitrogens is 1. The van der Waals surface area contributed by atoms with Crippen LogP contribution in [0.2, 0.25) is 5.02 Å². The van der Waals surface area contributed by atoms with Crippen molar-refractivity contribution in [1.29, 1.82) is 0 Å². The largest absolute Gasteiger partial charge is 0.314 e. The maximum Gasteiger partial charge on any atom is 0.142 e. The minimum absolute atomic E-state index is 0. The summed E-state index contributed by atoms with van der Waals surface area (Å²) in [6, 6.07) is 9.31. The summed E-state index contributed by atoms with van der Waals surface area (Å²) >= 11 is 5.74. The number of pyridine rings is 1. The zero-order valence-electron chi connectivity index (χ0n) is 12.0. The summed E-state index contributed by atoms with van der Waals surface area (Å²) < 4.78 is 13.6. The lowest BCUT2D eigenvalue weighted by Gasteiger charge is -2.36. The van der Waals surface area contributed by atoms with Gasteiger partial charge in [0, 0.05) is 44.6 Å². The van der Waals surface area contributed by atoms with Crippen LogP contribution in [0.5, 0.6) is 0 Å². The van der Waals surface area contributed by atoms with E-state index in [9.17, 15) is 4.39 Å². The van der Waals surface area contributed by atoms with Gasteiger partial charge in [-0.05, 0) is 29.3 Å². The van der Waals surface area contributed by atoms with Gasteiger partial charge in [-0.25, -0.2) is 4.39 Å². The van der Waals surface area contributed by atoms with E-state index < -0.39 is 0 Å². The lowest BCUT2D eigenvalue weighted by atomic mass is 10.0. The van der Waals surface area contributed by atoms with Crippen LogP contribution in [-0.2, 0) is 6.54 Å². The van der Waals surface area contributed by atoms with Crippen molar-refractivity contribution in [1.82, 2.24) is 15.2 Å². The summed E-state index contributed by atoms with van der Waals surface area (Å²) in [7, 11) is 0. The van der Waals surface area contributed by atoms with Gasteiger partial charge in [0.25, 0.3) is 0 Å². The van der Waals surface area contributed by atoms with E-state index >= 15 is 0 Å². The molecule has 1 N–H and O–H groups in total. The molecule has 1 aliphatic rings. The van der Waals surface area contributed by atoms with E-state index in [-0.39, 0.29) is 29.3 Å². The molecule has 0 amide bonds. The maximum atomic E-state index is 13.6. The molecular weight excluding hydrogens is 324 g/mol. The standard InChI is InChI=1S/C16H17ClFN3.ClH/c17-14-4-3-12(8-15(14)18)11-21-7-6-20-10-16(21)13-2-1-5-19-9-13;/h1-5,8-9,16,20H,6-7,10-11H2;1H. The smallest absolute Gasteiger partial charge is 0.142 e. The average molecular weight is 342 g/mol. The molecule has 0 bridgehead atoms. The summed E-state index contributed by atoms with van der Waals surface area (Å²) in [5, 5.41) is 3.57. The van der Waals surface area contributed by atoms with Crippen molar-refractivity contribution in [3.8, 4) is 0 Å². The molecule has 22 heavy (non-hydrogen) atoms. The molecule has 1 atom stereocenters. The topological polar surface area (TPSA) is 28.2 Å². The van der Waals surface area contributed by atoms with Crippen LogP contribution < -0.4 is 5.32 Å². The highest BCUT2D eigenvalue weighted by molar-refractivity contribution is 6.30. The molecular formula is C16H18Cl2FN3. The third kappa shape index (κ3) is 3.96. The van der Waals surface area contributed by atoms with E-state index in [0.29, 0.717) is 6.54 Å². The van der Waals surface area contributed by atoms with Gasteiger partial charge in [-0.2, -0.15) is 0 Å². The van der Waals surface area contributed by atoms with Crippen LogP contribution in [0.15, 0.2) is 42.7 Å². The fourth-order valence-corrected chi connectivity index (χ4v) is 2.83. The highest BCUT2D eigenvalue weighted by Gasteiger charge is 2.24. The molecule has 2 heterocycles. The van der Waals surface area contributed by atoms with Crippen molar-refractivity contribution in [3.05, 3.63) is 64.7 Å². The lowest BCUT2D eigenvalue weighted by molar-refractivity contribution is 0.153. The van der Waals surface area contributed by atoms with Crippen LogP contribution in [0.1, 0.15) is 17.2 Å². The van der Waals surface area contributed by atoms with Crippen LogP contribution in [0.4, 0.5) is 4.39 Å². The Balaban J connectivity index is 0.00000176. The maximum absolute atomic E-state index is 13.6. The predicted octanol–water partition coefficient (Wildman–Crippen LogP) is 3.44. The molecule has 0 radical (unpaired) electrons. The van der Waals surface area contributed by atoms with E-state index in [2.05, 4.69) is 21.3 Å². The fraction of sp³-hybridized carbons (Fsp3) is 0.312. The molecule has 1 saturated heterocycles. The van der Waals surface area contributed by atoms with Gasteiger partial charge in [-0.15, -0.1) is 12.4 Å². The molecule has 0 saturated carbocycles. The van der Waals surface area contributed by atoms with Gasteiger partial charge in [-0.1, -0.05) is 23.7 Å². The number of benzene rings is 1. The summed E-state index contributed by atoms with van der Waals surface area (Å²) in [5.41, 5.74) is 2.12. The zero-order valence-corrected chi connectivity index (χ0v) is 13.6. The van der Waals surface area contributed by atoms with Crippen LogP contribution in [0, 0.1) is 5.82 Å². The van der Waals surface area contributed by atoms with E-state index in [1.165, 1.54) is 11.6 Å². The van der Waals surface area contributed by atoms with E-state index in [0.717, 1.165) is 25.2 Å². The van der Waals surface area contributed by atoms with Crippen molar-refractivity contribution < 1.29 is 4.39 Å². The first-order chi connectivity index (χ1) is 10.2. The Morgan fingerprint density at radius 1 is 1.36 bits per heavy atom. The van der Waals surface area contributed by atoms with Crippen molar-refractivity contribution in [2.24, 2.45) is 0 Å². The first-order valence-corrected chi connectivity index (χ1v) is 7.40. The number of rotatable bonds is 3. The van der Waals surface area contributed by atoms with Crippen molar-refractivity contribution >= 4 is 24.0 Å². The van der Waals surface area contributed by atoms with Gasteiger partial charge >= 0.3 is 0 Å². The van der Waals surface area contributed by atoms with Gasteiger partial charge < -0.3 is 5.32 Å². The molecule has 1 fully saturated rings. The summed E-state index contributed by atoms with van der Waals surface area (Å²) in [6.45, 7) is 3.44. The summed E-state index contributed by atoms with van der Waals surface area (Å²) in [5.74, 6) is -0.359. The highest BCUT2D eigenvalue weighted by Crippen LogP contribution is 2.24. The van der Waals surface area contributed by atoms with E-state index in [1.807, 2.05) is 18.3 Å². The third-order valence-electron chi connectivity index (χ3n) is 3.79. The molecule has 0 aliphatic carbocycles. The molecule has 2 aromatic rings. The van der Waals surface area contributed by atoms with Crippen LogP contribution in [-0.4, -0.2) is 29.5 Å². The van der Waals surface area contributed by atoms with Crippen LogP contribution in [0.3, 0.4) is 0 Å². The Morgan fingerprint density at radius 2 is 2.23 bits per heavy atom. The number of halogens is 3. The molecule has 6 heteroatoms. The molecule has 1 unspecified atom stereocenters. The number of piperazine rings is 1. The van der Waals surface area contributed by atoms with Gasteiger partial charge in [0.2, 0.25) is 0 Å². The quantitative estimate of drug-likeness (QED) is 0.926. The second kappa shape index (κ2) is 7.88. The lowest BCUT2D eigenvalue weighted by Crippen LogP contribution is -2.45. The van der Waals surface area contributed by atoms with Crippen LogP contribution in [0.25, 0.3) is 0 Å². The second-order valence-corrected chi connectivity index (χ2v) is 5.63. The minimum atomic E-state index is -0.359. The number of nitrogens with one attached hydrogen (secondary N) is 1. The van der Waals surface area contributed by atoms with Gasteiger partial charge in [0.05, 0.1) is 5.02 Å². The molecule has 3 rings (SSSR count). The molecule has 1 aromatic heterocycles. The number of nitrogens with zero attached hydrogens (tertiary/aromatic N) is 2. The zero-order chi connectivity index (χ0) is 14.7. The molecule has 118 valence electrons. The molecule has 1 aromatic carbocycles. The SMILES string of the molecule is Cl.Fc1cc(CN2CCNCC2c2cccnc2)ccc1Cl. The average Bonchev–Trinajstić information content (AvgIpc) is 2.52. The summed E-state index contributed by atoms with van der Waals surface area (Å²) in [6.07, 6.45) is 3.67. The molecule has 1 aliphatic heterocycles. The Morgan fingerprint density at radius 3 is 2.95 bits per heavy atom. The van der Waals surface area contributed by atoms with E-state index in [4.69, 9.17) is 11.6 Å². The number of hydrogen-bond acceptors (Lipinski definition) is 3.